The first-order valence-electron chi connectivity index (χ1n) is 5.93. The van der Waals surface area contributed by atoms with Crippen molar-refractivity contribution in [2.24, 2.45) is 7.05 Å². The van der Waals surface area contributed by atoms with Gasteiger partial charge in [-0.05, 0) is 30.9 Å². The van der Waals surface area contributed by atoms with Crippen molar-refractivity contribution in [1.29, 1.82) is 0 Å². The number of aryl methyl sites for hydroxylation is 1. The van der Waals surface area contributed by atoms with Gasteiger partial charge < -0.3 is 0 Å². The zero-order valence-electron chi connectivity index (χ0n) is 9.56. The van der Waals surface area contributed by atoms with Crippen LogP contribution in [0.4, 0.5) is 0 Å². The van der Waals surface area contributed by atoms with Crippen LogP contribution in [0.5, 0.6) is 0 Å². The van der Waals surface area contributed by atoms with Gasteiger partial charge in [0.05, 0.1) is 11.7 Å². The van der Waals surface area contributed by atoms with Crippen LogP contribution in [0.2, 0.25) is 0 Å². The fourth-order valence-corrected chi connectivity index (χ4v) is 2.48. The third-order valence-corrected chi connectivity index (χ3v) is 3.46. The minimum absolute atomic E-state index is 0.605. The maximum atomic E-state index is 4.28. The van der Waals surface area contributed by atoms with E-state index in [-0.39, 0.29) is 0 Å². The van der Waals surface area contributed by atoms with E-state index in [0.717, 1.165) is 0 Å². The standard InChI is InChI=1S/C14H16N2/c1-16-14-9-12(7-8-13(14)10-15-16)11-5-3-2-4-6-11/h3,5,7-11H,2,4,6H2,1H3. The summed E-state index contributed by atoms with van der Waals surface area (Å²) in [6.45, 7) is 0. The number of benzene rings is 1. The molecular weight excluding hydrogens is 196 g/mol. The van der Waals surface area contributed by atoms with Crippen LogP contribution in [0.15, 0.2) is 36.5 Å². The first-order chi connectivity index (χ1) is 7.84. The number of hydrogen-bond donors (Lipinski definition) is 0. The van der Waals surface area contributed by atoms with Crippen LogP contribution in [0.3, 0.4) is 0 Å². The lowest BCUT2D eigenvalue weighted by Gasteiger charge is -2.16. The summed E-state index contributed by atoms with van der Waals surface area (Å²) in [5.41, 5.74) is 2.66. The predicted octanol–water partition coefficient (Wildman–Crippen LogP) is 3.40. The fourth-order valence-electron chi connectivity index (χ4n) is 2.48. The summed E-state index contributed by atoms with van der Waals surface area (Å²) >= 11 is 0. The van der Waals surface area contributed by atoms with Gasteiger partial charge in [0, 0.05) is 18.4 Å². The van der Waals surface area contributed by atoms with E-state index in [2.05, 4.69) is 35.4 Å². The van der Waals surface area contributed by atoms with Crippen molar-refractivity contribution in [2.45, 2.75) is 25.2 Å². The first kappa shape index (κ1) is 9.64. The van der Waals surface area contributed by atoms with E-state index in [0.29, 0.717) is 5.92 Å². The lowest BCUT2D eigenvalue weighted by molar-refractivity contribution is 0.654. The van der Waals surface area contributed by atoms with Gasteiger partial charge in [-0.15, -0.1) is 0 Å². The third-order valence-electron chi connectivity index (χ3n) is 3.46. The molecule has 0 saturated carbocycles. The summed E-state index contributed by atoms with van der Waals surface area (Å²) in [4.78, 5) is 0. The van der Waals surface area contributed by atoms with Gasteiger partial charge in [-0.2, -0.15) is 5.10 Å². The van der Waals surface area contributed by atoms with Gasteiger partial charge in [0.15, 0.2) is 0 Å². The van der Waals surface area contributed by atoms with Gasteiger partial charge in [0.25, 0.3) is 0 Å². The molecule has 3 rings (SSSR count). The molecule has 1 aliphatic carbocycles. The summed E-state index contributed by atoms with van der Waals surface area (Å²) in [5.74, 6) is 0.605. The van der Waals surface area contributed by atoms with Crippen LogP contribution < -0.4 is 0 Å². The van der Waals surface area contributed by atoms with Gasteiger partial charge in [-0.3, -0.25) is 4.68 Å². The molecule has 1 heterocycles. The molecule has 1 aromatic heterocycles. The minimum atomic E-state index is 0.605. The van der Waals surface area contributed by atoms with Crippen LogP contribution in [0.1, 0.15) is 30.7 Å². The quantitative estimate of drug-likeness (QED) is 0.662. The van der Waals surface area contributed by atoms with Crippen LogP contribution in [-0.4, -0.2) is 9.78 Å². The van der Waals surface area contributed by atoms with Crippen molar-refractivity contribution in [3.05, 3.63) is 42.1 Å². The number of allylic oxidation sites excluding steroid dienone is 2. The monoisotopic (exact) mass is 212 g/mol. The molecule has 0 spiro atoms. The molecule has 0 aliphatic heterocycles. The summed E-state index contributed by atoms with van der Waals surface area (Å²) in [5, 5.41) is 5.51. The van der Waals surface area contributed by atoms with Gasteiger partial charge in [-0.25, -0.2) is 0 Å². The number of rotatable bonds is 1. The van der Waals surface area contributed by atoms with Crippen molar-refractivity contribution >= 4 is 10.9 Å². The van der Waals surface area contributed by atoms with E-state index in [1.807, 2.05) is 17.9 Å². The molecule has 2 nitrogen and oxygen atoms in total. The highest BCUT2D eigenvalue weighted by Gasteiger charge is 2.12. The van der Waals surface area contributed by atoms with Crippen molar-refractivity contribution in [2.75, 3.05) is 0 Å². The summed E-state index contributed by atoms with van der Waals surface area (Å²) in [7, 11) is 2.00. The third kappa shape index (κ3) is 1.54. The van der Waals surface area contributed by atoms with E-state index in [9.17, 15) is 0 Å². The lowest BCUT2D eigenvalue weighted by Crippen LogP contribution is -1.99. The Morgan fingerprint density at radius 2 is 2.31 bits per heavy atom. The second-order valence-corrected chi connectivity index (χ2v) is 4.55. The molecular formula is C14H16N2. The zero-order valence-corrected chi connectivity index (χ0v) is 9.56. The number of aromatic nitrogens is 2. The Labute approximate surface area is 95.6 Å². The second kappa shape index (κ2) is 3.78. The van der Waals surface area contributed by atoms with E-state index in [4.69, 9.17) is 0 Å². The molecule has 2 aromatic rings. The van der Waals surface area contributed by atoms with Crippen molar-refractivity contribution < 1.29 is 0 Å². The van der Waals surface area contributed by atoms with E-state index in [1.165, 1.54) is 35.7 Å². The predicted molar refractivity (Wildman–Crippen MR) is 66.4 cm³/mol. The number of nitrogens with zero attached hydrogens (tertiary/aromatic N) is 2. The molecule has 0 amide bonds. The Kier molecular flexibility index (Phi) is 2.28. The molecule has 0 radical (unpaired) electrons. The first-order valence-corrected chi connectivity index (χ1v) is 5.93. The van der Waals surface area contributed by atoms with Crippen molar-refractivity contribution in [1.82, 2.24) is 9.78 Å². The molecule has 2 heteroatoms. The maximum absolute atomic E-state index is 4.28. The fraction of sp³-hybridized carbons (Fsp3) is 0.357. The van der Waals surface area contributed by atoms with Gasteiger partial charge >= 0.3 is 0 Å². The highest BCUT2D eigenvalue weighted by molar-refractivity contribution is 5.79. The normalized spacial score (nSPS) is 20.4. The summed E-state index contributed by atoms with van der Waals surface area (Å²) in [6.07, 6.45) is 10.4. The molecule has 0 bridgehead atoms. The largest absolute Gasteiger partial charge is 0.268 e. The maximum Gasteiger partial charge on any atom is 0.0682 e. The topological polar surface area (TPSA) is 17.8 Å². The molecule has 0 fully saturated rings. The highest BCUT2D eigenvalue weighted by Crippen LogP contribution is 2.29. The molecule has 82 valence electrons. The summed E-state index contributed by atoms with van der Waals surface area (Å²) < 4.78 is 1.95. The average Bonchev–Trinajstić information content (AvgIpc) is 2.72. The molecule has 0 N–H and O–H groups in total. The SMILES string of the molecule is Cn1ncc2ccc(C3C=CCCC3)cc21. The molecule has 1 atom stereocenters. The van der Waals surface area contributed by atoms with Crippen LogP contribution in [0, 0.1) is 0 Å². The number of fused-ring (bicyclic) bond motifs is 1. The van der Waals surface area contributed by atoms with Crippen molar-refractivity contribution in [3.8, 4) is 0 Å². The van der Waals surface area contributed by atoms with Gasteiger partial charge in [-0.1, -0.05) is 24.3 Å². The van der Waals surface area contributed by atoms with Crippen molar-refractivity contribution in [3.63, 3.8) is 0 Å². The minimum Gasteiger partial charge on any atom is -0.268 e. The Hall–Kier alpha value is -1.57. The van der Waals surface area contributed by atoms with Gasteiger partial charge in [0.2, 0.25) is 0 Å². The lowest BCUT2D eigenvalue weighted by atomic mass is 9.89. The molecule has 1 aliphatic rings. The Morgan fingerprint density at radius 1 is 1.38 bits per heavy atom. The number of hydrogen-bond acceptors (Lipinski definition) is 1. The highest BCUT2D eigenvalue weighted by atomic mass is 15.2. The van der Waals surface area contributed by atoms with E-state index >= 15 is 0 Å². The summed E-state index contributed by atoms with van der Waals surface area (Å²) in [6, 6.07) is 6.70. The Morgan fingerprint density at radius 3 is 3.12 bits per heavy atom. The van der Waals surface area contributed by atoms with Crippen LogP contribution in [-0.2, 0) is 7.05 Å². The smallest absolute Gasteiger partial charge is 0.0682 e. The average molecular weight is 212 g/mol. The molecule has 1 unspecified atom stereocenters. The van der Waals surface area contributed by atoms with Crippen LogP contribution in [0.25, 0.3) is 10.9 Å². The Bertz CT molecular complexity index is 537. The van der Waals surface area contributed by atoms with Crippen LogP contribution >= 0.6 is 0 Å². The van der Waals surface area contributed by atoms with E-state index in [1.54, 1.807) is 0 Å². The zero-order chi connectivity index (χ0) is 11.0. The second-order valence-electron chi connectivity index (χ2n) is 4.55. The molecule has 0 saturated heterocycles. The van der Waals surface area contributed by atoms with Gasteiger partial charge in [0.1, 0.15) is 0 Å². The Balaban J connectivity index is 2.06. The molecule has 1 aromatic carbocycles. The van der Waals surface area contributed by atoms with E-state index < -0.39 is 0 Å². The molecule has 16 heavy (non-hydrogen) atoms.